The topological polar surface area (TPSA) is 37.3 Å². The van der Waals surface area contributed by atoms with Crippen LogP contribution in [0.4, 0.5) is 4.39 Å². The molecule has 0 bridgehead atoms. The van der Waals surface area contributed by atoms with E-state index in [2.05, 4.69) is 0 Å². The fourth-order valence-electron chi connectivity index (χ4n) is 1.25. The van der Waals surface area contributed by atoms with Gasteiger partial charge in [0.05, 0.1) is 5.56 Å². The molecule has 1 aromatic carbocycles. The number of hydrogen-bond acceptors (Lipinski definition) is 2. The SMILES string of the molecule is O=C(O)c1cc(Cl)cc2sc(F)cc12. The molecule has 0 saturated carbocycles. The van der Waals surface area contributed by atoms with Crippen LogP contribution in [0.2, 0.25) is 5.02 Å². The Morgan fingerprint density at radius 1 is 1.43 bits per heavy atom. The van der Waals surface area contributed by atoms with E-state index >= 15 is 0 Å². The summed E-state index contributed by atoms with van der Waals surface area (Å²) >= 11 is 6.58. The van der Waals surface area contributed by atoms with Gasteiger partial charge in [-0.2, -0.15) is 4.39 Å². The van der Waals surface area contributed by atoms with E-state index in [9.17, 15) is 9.18 Å². The standard InChI is InChI=1S/C9H4ClFO2S/c10-4-1-6(9(12)13)5-3-8(11)14-7(5)2-4/h1-3H,(H,12,13). The van der Waals surface area contributed by atoms with Crippen LogP contribution in [0.1, 0.15) is 10.4 Å². The molecule has 1 heterocycles. The van der Waals surface area contributed by atoms with Crippen LogP contribution in [0.25, 0.3) is 10.1 Å². The monoisotopic (exact) mass is 230 g/mol. The number of fused-ring (bicyclic) bond motifs is 1. The highest BCUT2D eigenvalue weighted by Crippen LogP contribution is 2.30. The number of carbonyl (C=O) groups is 1. The molecule has 0 amide bonds. The van der Waals surface area contributed by atoms with Gasteiger partial charge in [-0.3, -0.25) is 0 Å². The van der Waals surface area contributed by atoms with Crippen LogP contribution in [0, 0.1) is 5.13 Å². The van der Waals surface area contributed by atoms with E-state index in [-0.39, 0.29) is 5.56 Å². The Morgan fingerprint density at radius 2 is 2.14 bits per heavy atom. The lowest BCUT2D eigenvalue weighted by molar-refractivity contribution is 0.0699. The fourth-order valence-corrected chi connectivity index (χ4v) is 2.39. The molecule has 2 aromatic rings. The van der Waals surface area contributed by atoms with Crippen molar-refractivity contribution in [3.05, 3.63) is 33.9 Å². The van der Waals surface area contributed by atoms with Crippen LogP contribution < -0.4 is 0 Å². The van der Waals surface area contributed by atoms with Gasteiger partial charge in [-0.25, -0.2) is 4.79 Å². The second kappa shape index (κ2) is 3.22. The van der Waals surface area contributed by atoms with Crippen molar-refractivity contribution < 1.29 is 14.3 Å². The summed E-state index contributed by atoms with van der Waals surface area (Å²) in [6, 6.07) is 4.08. The zero-order chi connectivity index (χ0) is 10.3. The third-order valence-electron chi connectivity index (χ3n) is 1.80. The Morgan fingerprint density at radius 3 is 2.79 bits per heavy atom. The van der Waals surface area contributed by atoms with Crippen LogP contribution in [-0.4, -0.2) is 11.1 Å². The van der Waals surface area contributed by atoms with Crippen molar-refractivity contribution in [3.8, 4) is 0 Å². The molecular weight excluding hydrogens is 227 g/mol. The minimum absolute atomic E-state index is 0.0349. The van der Waals surface area contributed by atoms with E-state index in [4.69, 9.17) is 16.7 Å². The molecule has 1 aromatic heterocycles. The van der Waals surface area contributed by atoms with Crippen LogP contribution in [-0.2, 0) is 0 Å². The van der Waals surface area contributed by atoms with E-state index in [1.807, 2.05) is 0 Å². The summed E-state index contributed by atoms with van der Waals surface area (Å²) in [4.78, 5) is 10.8. The summed E-state index contributed by atoms with van der Waals surface area (Å²) in [5.74, 6) is -1.10. The molecule has 0 aliphatic rings. The van der Waals surface area contributed by atoms with Gasteiger partial charge in [0.2, 0.25) is 0 Å². The summed E-state index contributed by atoms with van der Waals surface area (Å²) < 4.78 is 13.4. The number of rotatable bonds is 1. The molecule has 0 saturated heterocycles. The predicted molar refractivity (Wildman–Crippen MR) is 53.8 cm³/mol. The molecule has 2 nitrogen and oxygen atoms in total. The molecule has 0 spiro atoms. The Kier molecular flexibility index (Phi) is 2.17. The highest BCUT2D eigenvalue weighted by atomic mass is 35.5. The molecule has 0 atom stereocenters. The summed E-state index contributed by atoms with van der Waals surface area (Å²) in [5.41, 5.74) is 0.0349. The second-order valence-corrected chi connectivity index (χ2v) is 4.19. The quantitative estimate of drug-likeness (QED) is 0.815. The zero-order valence-corrected chi connectivity index (χ0v) is 8.32. The molecule has 0 aliphatic heterocycles. The Bertz CT molecular complexity index is 521. The highest BCUT2D eigenvalue weighted by Gasteiger charge is 2.12. The lowest BCUT2D eigenvalue weighted by atomic mass is 10.1. The molecule has 14 heavy (non-hydrogen) atoms. The van der Waals surface area contributed by atoms with Crippen molar-refractivity contribution in [1.82, 2.24) is 0 Å². The van der Waals surface area contributed by atoms with E-state index in [1.54, 1.807) is 6.07 Å². The molecule has 0 aliphatic carbocycles. The van der Waals surface area contributed by atoms with E-state index < -0.39 is 11.1 Å². The fraction of sp³-hybridized carbons (Fsp3) is 0. The predicted octanol–water partition coefficient (Wildman–Crippen LogP) is 3.39. The average molecular weight is 231 g/mol. The zero-order valence-electron chi connectivity index (χ0n) is 6.75. The summed E-state index contributed by atoms with van der Waals surface area (Å²) in [7, 11) is 0. The van der Waals surface area contributed by atoms with Crippen molar-refractivity contribution in [2.45, 2.75) is 0 Å². The van der Waals surface area contributed by atoms with Gasteiger partial charge >= 0.3 is 5.97 Å². The van der Waals surface area contributed by atoms with Crippen LogP contribution in [0.15, 0.2) is 18.2 Å². The first kappa shape index (κ1) is 9.43. The normalized spacial score (nSPS) is 10.7. The first-order valence-electron chi connectivity index (χ1n) is 3.70. The minimum Gasteiger partial charge on any atom is -0.478 e. The smallest absolute Gasteiger partial charge is 0.336 e. The largest absolute Gasteiger partial charge is 0.478 e. The molecule has 0 fully saturated rings. The van der Waals surface area contributed by atoms with Crippen molar-refractivity contribution in [2.75, 3.05) is 0 Å². The van der Waals surface area contributed by atoms with Crippen LogP contribution in [0.5, 0.6) is 0 Å². The Hall–Kier alpha value is -1.13. The second-order valence-electron chi connectivity index (χ2n) is 2.72. The van der Waals surface area contributed by atoms with Crippen LogP contribution >= 0.6 is 22.9 Å². The average Bonchev–Trinajstić information content (AvgIpc) is 2.42. The first-order valence-corrected chi connectivity index (χ1v) is 4.89. The summed E-state index contributed by atoms with van der Waals surface area (Å²) in [6.07, 6.45) is 0. The number of carboxylic acids is 1. The van der Waals surface area contributed by atoms with Crippen molar-refractivity contribution >= 4 is 39.0 Å². The molecule has 5 heteroatoms. The number of benzene rings is 1. The number of hydrogen-bond donors (Lipinski definition) is 1. The lowest BCUT2D eigenvalue weighted by Gasteiger charge is -1.97. The van der Waals surface area contributed by atoms with Crippen molar-refractivity contribution in [2.24, 2.45) is 0 Å². The molecular formula is C9H4ClFO2S. The van der Waals surface area contributed by atoms with E-state index in [0.717, 1.165) is 11.3 Å². The molecule has 0 radical (unpaired) electrons. The number of aromatic carboxylic acids is 1. The van der Waals surface area contributed by atoms with Gasteiger partial charge in [0.25, 0.3) is 0 Å². The van der Waals surface area contributed by atoms with Gasteiger partial charge in [-0.15, -0.1) is 11.3 Å². The van der Waals surface area contributed by atoms with Gasteiger partial charge in [-0.05, 0) is 18.2 Å². The van der Waals surface area contributed by atoms with Gasteiger partial charge in [0.15, 0.2) is 5.13 Å². The minimum atomic E-state index is -1.10. The van der Waals surface area contributed by atoms with Gasteiger partial charge in [0.1, 0.15) is 0 Å². The van der Waals surface area contributed by atoms with Gasteiger partial charge < -0.3 is 5.11 Å². The lowest BCUT2D eigenvalue weighted by Crippen LogP contribution is -1.96. The third kappa shape index (κ3) is 1.47. The van der Waals surface area contributed by atoms with Gasteiger partial charge in [-0.1, -0.05) is 11.6 Å². The van der Waals surface area contributed by atoms with Gasteiger partial charge in [0, 0.05) is 15.1 Å². The highest BCUT2D eigenvalue weighted by molar-refractivity contribution is 7.17. The Balaban J connectivity index is 2.85. The molecule has 72 valence electrons. The van der Waals surface area contributed by atoms with Crippen molar-refractivity contribution in [3.63, 3.8) is 0 Å². The molecule has 1 N–H and O–H groups in total. The van der Waals surface area contributed by atoms with Crippen LogP contribution in [0.3, 0.4) is 0 Å². The summed E-state index contributed by atoms with van der Waals surface area (Å²) in [6.45, 7) is 0. The third-order valence-corrected chi connectivity index (χ3v) is 2.89. The maximum Gasteiger partial charge on any atom is 0.336 e. The Labute approximate surface area is 87.5 Å². The molecule has 2 rings (SSSR count). The maximum absolute atomic E-state index is 12.9. The summed E-state index contributed by atoms with van der Waals surface area (Å²) in [5, 5.41) is 9.12. The van der Waals surface area contributed by atoms with Crippen molar-refractivity contribution in [1.29, 1.82) is 0 Å². The molecule has 0 unspecified atom stereocenters. The van der Waals surface area contributed by atoms with E-state index in [1.165, 1.54) is 12.1 Å². The number of carboxylic acid groups (broad SMARTS) is 1. The first-order chi connectivity index (χ1) is 6.58. The number of thiophene rings is 1. The van der Waals surface area contributed by atoms with E-state index in [0.29, 0.717) is 15.1 Å². The maximum atomic E-state index is 12.9. The number of halogens is 2.